The number of nitrogens with zero attached hydrogens (tertiary/aromatic N) is 2. The van der Waals surface area contributed by atoms with Gasteiger partial charge in [0, 0.05) is 33.5 Å². The Bertz CT molecular complexity index is 944. The monoisotopic (exact) mass is 438 g/mol. The van der Waals surface area contributed by atoms with Crippen molar-refractivity contribution in [3.05, 3.63) is 59.7 Å². The number of hydrogen-bond donors (Lipinski definition) is 1. The fraction of sp³-hybridized carbons (Fsp3) is 0.400. The van der Waals surface area contributed by atoms with Gasteiger partial charge in [0.15, 0.2) is 0 Å². The van der Waals surface area contributed by atoms with Crippen molar-refractivity contribution >= 4 is 18.0 Å². The van der Waals surface area contributed by atoms with E-state index in [1.807, 2.05) is 36.4 Å². The molecule has 7 nitrogen and oxygen atoms in total. The molecule has 0 unspecified atom stereocenters. The predicted molar refractivity (Wildman–Crippen MR) is 121 cm³/mol. The van der Waals surface area contributed by atoms with Crippen molar-refractivity contribution in [2.75, 3.05) is 27.2 Å². The molecule has 0 bridgehead atoms. The summed E-state index contributed by atoms with van der Waals surface area (Å²) in [5.74, 6) is -1.18. The van der Waals surface area contributed by atoms with Crippen LogP contribution in [0, 0.1) is 0 Å². The third-order valence-electron chi connectivity index (χ3n) is 6.14. The number of rotatable bonds is 9. The van der Waals surface area contributed by atoms with Crippen LogP contribution in [0.3, 0.4) is 0 Å². The lowest BCUT2D eigenvalue weighted by atomic mass is 9.98. The molecule has 2 amide bonds. The summed E-state index contributed by atoms with van der Waals surface area (Å²) in [6.45, 7) is 2.19. The number of carboxylic acid groups (broad SMARTS) is 1. The van der Waals surface area contributed by atoms with Crippen LogP contribution in [0.2, 0.25) is 0 Å². The van der Waals surface area contributed by atoms with Gasteiger partial charge < -0.3 is 14.7 Å². The maximum absolute atomic E-state index is 12.7. The highest BCUT2D eigenvalue weighted by molar-refractivity contribution is 5.81. The van der Waals surface area contributed by atoms with Gasteiger partial charge in [-0.15, -0.1) is 0 Å². The number of unbranched alkanes of at least 4 members (excludes halogenated alkanes) is 1. The molecule has 0 saturated carbocycles. The Kier molecular flexibility index (Phi) is 7.51. The largest absolute Gasteiger partial charge is 0.480 e. The van der Waals surface area contributed by atoms with Crippen LogP contribution in [0.4, 0.5) is 4.79 Å². The number of carbonyl (C=O) groups is 3. The third-order valence-corrected chi connectivity index (χ3v) is 6.14. The van der Waals surface area contributed by atoms with Gasteiger partial charge in [-0.2, -0.15) is 0 Å². The highest BCUT2D eigenvalue weighted by Crippen LogP contribution is 2.44. The first-order valence-corrected chi connectivity index (χ1v) is 10.8. The lowest BCUT2D eigenvalue weighted by Gasteiger charge is -2.25. The van der Waals surface area contributed by atoms with E-state index in [0.717, 1.165) is 27.2 Å². The average molecular weight is 439 g/mol. The minimum Gasteiger partial charge on any atom is -0.480 e. The van der Waals surface area contributed by atoms with Crippen molar-refractivity contribution in [1.29, 1.82) is 0 Å². The summed E-state index contributed by atoms with van der Waals surface area (Å²) in [4.78, 5) is 38.5. The van der Waals surface area contributed by atoms with Gasteiger partial charge in [0.25, 0.3) is 0 Å². The molecule has 32 heavy (non-hydrogen) atoms. The first kappa shape index (κ1) is 23.3. The first-order chi connectivity index (χ1) is 15.3. The topological polar surface area (TPSA) is 87.2 Å². The van der Waals surface area contributed by atoms with E-state index < -0.39 is 18.1 Å². The van der Waals surface area contributed by atoms with Gasteiger partial charge in [-0.3, -0.25) is 9.69 Å². The molecule has 2 aromatic carbocycles. The number of hydrogen-bond acceptors (Lipinski definition) is 4. The predicted octanol–water partition coefficient (Wildman–Crippen LogP) is 3.97. The Morgan fingerprint density at radius 1 is 0.969 bits per heavy atom. The van der Waals surface area contributed by atoms with E-state index in [1.165, 1.54) is 14.0 Å². The van der Waals surface area contributed by atoms with Crippen LogP contribution >= 0.6 is 0 Å². The van der Waals surface area contributed by atoms with Crippen LogP contribution in [-0.4, -0.2) is 66.2 Å². The minimum atomic E-state index is -1.07. The smallest absolute Gasteiger partial charge is 0.410 e. The van der Waals surface area contributed by atoms with Gasteiger partial charge in [0.05, 0.1) is 0 Å². The van der Waals surface area contributed by atoms with Crippen LogP contribution in [0.15, 0.2) is 48.5 Å². The van der Waals surface area contributed by atoms with Gasteiger partial charge >= 0.3 is 12.1 Å². The van der Waals surface area contributed by atoms with Gasteiger partial charge in [0.2, 0.25) is 5.91 Å². The molecule has 1 atom stereocenters. The van der Waals surface area contributed by atoms with E-state index in [2.05, 4.69) is 12.1 Å². The molecule has 2 aromatic rings. The summed E-state index contributed by atoms with van der Waals surface area (Å²) in [5.41, 5.74) is 4.48. The van der Waals surface area contributed by atoms with Crippen LogP contribution in [0.1, 0.15) is 43.2 Å². The van der Waals surface area contributed by atoms with Crippen molar-refractivity contribution < 1.29 is 24.2 Å². The maximum Gasteiger partial charge on any atom is 0.410 e. The number of ether oxygens (including phenoxy) is 1. The summed E-state index contributed by atoms with van der Waals surface area (Å²) < 4.78 is 5.58. The maximum atomic E-state index is 12.7. The molecule has 0 heterocycles. The first-order valence-electron chi connectivity index (χ1n) is 10.8. The fourth-order valence-electron chi connectivity index (χ4n) is 4.15. The Morgan fingerprint density at radius 3 is 2.06 bits per heavy atom. The van der Waals surface area contributed by atoms with E-state index in [0.29, 0.717) is 25.8 Å². The summed E-state index contributed by atoms with van der Waals surface area (Å²) in [6.07, 6.45) is 0.885. The summed E-state index contributed by atoms with van der Waals surface area (Å²) >= 11 is 0. The molecule has 0 spiro atoms. The molecule has 0 radical (unpaired) electrons. The summed E-state index contributed by atoms with van der Waals surface area (Å²) in [7, 11) is 3.17. The Hall–Kier alpha value is -3.35. The normalized spacial score (nSPS) is 13.1. The number of fused-ring (bicyclic) bond motifs is 3. The molecule has 0 saturated heterocycles. The number of likely N-dealkylation sites (N-methyl/N-ethyl adjacent to an activating group) is 1. The summed E-state index contributed by atoms with van der Waals surface area (Å²) in [6, 6.07) is 15.1. The lowest BCUT2D eigenvalue weighted by Crippen LogP contribution is -2.43. The van der Waals surface area contributed by atoms with Crippen LogP contribution in [0.5, 0.6) is 0 Å². The van der Waals surface area contributed by atoms with Gasteiger partial charge in [-0.25, -0.2) is 9.59 Å². The van der Waals surface area contributed by atoms with E-state index in [4.69, 9.17) is 4.74 Å². The molecule has 3 rings (SSSR count). The zero-order chi connectivity index (χ0) is 23.3. The van der Waals surface area contributed by atoms with Crippen LogP contribution in [0.25, 0.3) is 11.1 Å². The molecule has 7 heteroatoms. The zero-order valence-electron chi connectivity index (χ0n) is 18.8. The summed E-state index contributed by atoms with van der Waals surface area (Å²) in [5, 5.41) is 9.62. The van der Waals surface area contributed by atoms with Crippen molar-refractivity contribution in [2.24, 2.45) is 0 Å². The molecule has 1 aliphatic carbocycles. The zero-order valence-corrected chi connectivity index (χ0v) is 18.8. The Balaban J connectivity index is 1.60. The highest BCUT2D eigenvalue weighted by Gasteiger charge is 2.31. The standard InChI is InChI=1S/C25H30N2O5/c1-17(28)26(2)15-9-8-14-23(24(29)30)27(3)25(31)32-16-22-20-12-6-4-10-18(20)19-11-5-7-13-21(19)22/h4-7,10-13,22-23H,8-9,14-16H2,1-3H3,(H,29,30)/t23-/m0/s1. The number of amides is 2. The molecular formula is C25H30N2O5. The lowest BCUT2D eigenvalue weighted by molar-refractivity contribution is -0.142. The van der Waals surface area contributed by atoms with Gasteiger partial charge in [-0.1, -0.05) is 48.5 Å². The molecule has 0 aromatic heterocycles. The quantitative estimate of drug-likeness (QED) is 0.599. The molecule has 1 aliphatic rings. The van der Waals surface area contributed by atoms with Crippen molar-refractivity contribution in [3.63, 3.8) is 0 Å². The number of carboxylic acids is 1. The average Bonchev–Trinajstić information content (AvgIpc) is 3.10. The second kappa shape index (κ2) is 10.3. The third kappa shape index (κ3) is 5.10. The second-order valence-electron chi connectivity index (χ2n) is 8.21. The second-order valence-corrected chi connectivity index (χ2v) is 8.21. The molecule has 1 N–H and O–H groups in total. The highest BCUT2D eigenvalue weighted by atomic mass is 16.6. The molecule has 170 valence electrons. The van der Waals surface area contributed by atoms with Crippen molar-refractivity contribution in [3.8, 4) is 11.1 Å². The van der Waals surface area contributed by atoms with Crippen LogP contribution < -0.4 is 0 Å². The Morgan fingerprint density at radius 2 is 1.53 bits per heavy atom. The van der Waals surface area contributed by atoms with Gasteiger partial charge in [-0.05, 0) is 41.5 Å². The molecule has 0 fully saturated rings. The van der Waals surface area contributed by atoms with E-state index >= 15 is 0 Å². The number of benzene rings is 2. The van der Waals surface area contributed by atoms with E-state index in [-0.39, 0.29) is 18.4 Å². The fourth-order valence-corrected chi connectivity index (χ4v) is 4.15. The van der Waals surface area contributed by atoms with Crippen molar-refractivity contribution in [1.82, 2.24) is 9.80 Å². The van der Waals surface area contributed by atoms with Crippen molar-refractivity contribution in [2.45, 2.75) is 38.1 Å². The van der Waals surface area contributed by atoms with E-state index in [1.54, 1.807) is 11.9 Å². The minimum absolute atomic E-state index is 0.0319. The van der Waals surface area contributed by atoms with Gasteiger partial charge in [0.1, 0.15) is 12.6 Å². The molecule has 0 aliphatic heterocycles. The SMILES string of the molecule is CC(=O)N(C)CCCC[C@@H](C(=O)O)N(C)C(=O)OCC1c2ccccc2-c2ccccc21. The number of aliphatic carboxylic acids is 1. The number of carbonyl (C=O) groups excluding carboxylic acids is 2. The van der Waals surface area contributed by atoms with E-state index in [9.17, 15) is 19.5 Å². The Labute approximate surface area is 188 Å². The molecular weight excluding hydrogens is 408 g/mol. The van der Waals surface area contributed by atoms with Crippen LogP contribution in [-0.2, 0) is 14.3 Å².